The van der Waals surface area contributed by atoms with Gasteiger partial charge < -0.3 is 5.11 Å². The van der Waals surface area contributed by atoms with Crippen LogP contribution >= 0.6 is 11.6 Å². The minimum atomic E-state index is -0.911. The van der Waals surface area contributed by atoms with E-state index < -0.39 is 5.97 Å². The Morgan fingerprint density at radius 3 is 2.14 bits per heavy atom. The molecule has 0 amide bonds. The number of rotatable bonds is 2. The summed E-state index contributed by atoms with van der Waals surface area (Å²) in [5.41, 5.74) is 1.22. The van der Waals surface area contributed by atoms with E-state index in [1.165, 1.54) is 0 Å². The van der Waals surface area contributed by atoms with E-state index in [4.69, 9.17) is 26.9 Å². The molecule has 0 heterocycles. The first-order valence-corrected chi connectivity index (χ1v) is 4.11. The summed E-state index contributed by atoms with van der Waals surface area (Å²) in [5.74, 6) is -0.494. The molecule has 1 aromatic rings. The highest BCUT2D eigenvalue weighted by Crippen LogP contribution is 2.06. The average Bonchev–Trinajstić information content (AvgIpc) is 2.19. The summed E-state index contributed by atoms with van der Waals surface area (Å²) < 4.78 is 0. The van der Waals surface area contributed by atoms with Crippen molar-refractivity contribution in [3.05, 3.63) is 35.4 Å². The number of carbonyl (C=O) groups is 1. The lowest BCUT2D eigenvalue weighted by atomic mass is 10.1. The van der Waals surface area contributed by atoms with Gasteiger partial charge in [-0.3, -0.25) is 0 Å². The fourth-order valence-electron chi connectivity index (χ4n) is 0.736. The molecule has 5 heteroatoms. The number of benzene rings is 1. The standard InChI is InChI=1S/C8H7ClO2.CHNO/c9-5-6-1-3-7(4-2-6)8(10)11;2-1-3/h1-4H,5H2,(H,10,11);2H. The quantitative estimate of drug-likeness (QED) is 0.448. The van der Waals surface area contributed by atoms with Gasteiger partial charge in [-0.25, -0.2) is 15.0 Å². The molecule has 74 valence electrons. The number of hydrogen-bond acceptors (Lipinski definition) is 3. The fourth-order valence-corrected chi connectivity index (χ4v) is 0.915. The van der Waals surface area contributed by atoms with Gasteiger partial charge >= 0.3 is 5.97 Å². The number of carbonyl (C=O) groups excluding carboxylic acids is 1. The maximum Gasteiger partial charge on any atom is 0.335 e. The molecule has 0 aliphatic heterocycles. The second kappa shape index (κ2) is 6.83. The lowest BCUT2D eigenvalue weighted by molar-refractivity contribution is 0.0697. The van der Waals surface area contributed by atoms with Crippen LogP contribution in [0.25, 0.3) is 0 Å². The number of hydrogen-bond donors (Lipinski definition) is 2. The summed E-state index contributed by atoms with van der Waals surface area (Å²) >= 11 is 5.51. The van der Waals surface area contributed by atoms with E-state index in [9.17, 15) is 4.79 Å². The zero-order valence-corrected chi connectivity index (χ0v) is 7.91. The second-order valence-electron chi connectivity index (χ2n) is 2.24. The molecule has 1 rings (SSSR count). The first-order valence-electron chi connectivity index (χ1n) is 3.57. The Morgan fingerprint density at radius 1 is 1.43 bits per heavy atom. The highest BCUT2D eigenvalue weighted by atomic mass is 35.5. The van der Waals surface area contributed by atoms with Gasteiger partial charge in [-0.1, -0.05) is 12.1 Å². The van der Waals surface area contributed by atoms with Crippen LogP contribution in [0.1, 0.15) is 15.9 Å². The van der Waals surface area contributed by atoms with Crippen LogP contribution in [0.15, 0.2) is 24.3 Å². The van der Waals surface area contributed by atoms with E-state index in [2.05, 4.69) is 0 Å². The molecule has 0 aromatic heterocycles. The summed E-state index contributed by atoms with van der Waals surface area (Å²) in [6.07, 6.45) is 0.750. The molecule has 0 bridgehead atoms. The average molecular weight is 214 g/mol. The lowest BCUT2D eigenvalue weighted by Crippen LogP contribution is -1.95. The molecule has 14 heavy (non-hydrogen) atoms. The van der Waals surface area contributed by atoms with Crippen LogP contribution in [0, 0.1) is 5.41 Å². The number of aromatic carboxylic acids is 1. The second-order valence-corrected chi connectivity index (χ2v) is 2.51. The molecule has 0 saturated heterocycles. The molecule has 0 saturated carbocycles. The number of alkyl halides is 1. The van der Waals surface area contributed by atoms with Crippen LogP contribution in [0.4, 0.5) is 0 Å². The van der Waals surface area contributed by atoms with Gasteiger partial charge in [0.15, 0.2) is 0 Å². The van der Waals surface area contributed by atoms with E-state index in [1.807, 2.05) is 0 Å². The molecule has 1 aromatic carbocycles. The van der Waals surface area contributed by atoms with Crippen LogP contribution in [0.2, 0.25) is 0 Å². The number of halogens is 1. The van der Waals surface area contributed by atoms with Crippen molar-refractivity contribution in [3.63, 3.8) is 0 Å². The first kappa shape index (κ1) is 12.4. The summed E-state index contributed by atoms with van der Waals surface area (Å²) in [5, 5.41) is 13.9. The summed E-state index contributed by atoms with van der Waals surface area (Å²) in [7, 11) is 0. The summed E-state index contributed by atoms with van der Waals surface area (Å²) in [6.45, 7) is 0. The lowest BCUT2D eigenvalue weighted by Gasteiger charge is -1.95. The normalized spacial score (nSPS) is 8.07. The van der Waals surface area contributed by atoms with Crippen molar-refractivity contribution in [2.24, 2.45) is 0 Å². The predicted molar refractivity (Wildman–Crippen MR) is 51.4 cm³/mol. The van der Waals surface area contributed by atoms with Crippen LogP contribution < -0.4 is 0 Å². The number of carboxylic acids is 1. The van der Waals surface area contributed by atoms with E-state index in [1.54, 1.807) is 24.3 Å². The van der Waals surface area contributed by atoms with Crippen LogP contribution in [0.3, 0.4) is 0 Å². The molecule has 0 unspecified atom stereocenters. The minimum Gasteiger partial charge on any atom is -0.478 e. The van der Waals surface area contributed by atoms with Crippen molar-refractivity contribution >= 4 is 23.7 Å². The third-order valence-corrected chi connectivity index (χ3v) is 1.66. The van der Waals surface area contributed by atoms with Gasteiger partial charge in [0, 0.05) is 5.88 Å². The number of isocyanates is 1. The Balaban J connectivity index is 0.000000500. The monoisotopic (exact) mass is 213 g/mol. The van der Waals surface area contributed by atoms with Crippen molar-refractivity contribution in [2.45, 2.75) is 5.88 Å². The van der Waals surface area contributed by atoms with Crippen molar-refractivity contribution in [2.75, 3.05) is 0 Å². The fraction of sp³-hybridized carbons (Fsp3) is 0.111. The third-order valence-electron chi connectivity index (χ3n) is 1.36. The van der Waals surface area contributed by atoms with Gasteiger partial charge in [0.1, 0.15) is 0 Å². The van der Waals surface area contributed by atoms with Crippen LogP contribution in [-0.2, 0) is 10.7 Å². The first-order chi connectivity index (χ1) is 6.65. The van der Waals surface area contributed by atoms with Gasteiger partial charge in [-0.2, -0.15) is 0 Å². The van der Waals surface area contributed by atoms with E-state index in [0.717, 1.165) is 11.6 Å². The minimum absolute atomic E-state index is 0.291. The molecule has 0 radical (unpaired) electrons. The maximum atomic E-state index is 10.4. The Hall–Kier alpha value is -1.64. The molecule has 0 aliphatic carbocycles. The highest BCUT2D eigenvalue weighted by molar-refractivity contribution is 6.17. The maximum absolute atomic E-state index is 10.4. The zero-order valence-electron chi connectivity index (χ0n) is 7.16. The third kappa shape index (κ3) is 4.40. The molecule has 4 nitrogen and oxygen atoms in total. The van der Waals surface area contributed by atoms with E-state index in [-0.39, 0.29) is 0 Å². The summed E-state index contributed by atoms with van der Waals surface area (Å²) in [4.78, 5) is 18.7. The molecule has 2 N–H and O–H groups in total. The van der Waals surface area contributed by atoms with E-state index >= 15 is 0 Å². The van der Waals surface area contributed by atoms with Crippen molar-refractivity contribution < 1.29 is 14.7 Å². The number of carboxylic acid groups (broad SMARTS) is 1. The van der Waals surface area contributed by atoms with Crippen LogP contribution in [0.5, 0.6) is 0 Å². The largest absolute Gasteiger partial charge is 0.478 e. The summed E-state index contributed by atoms with van der Waals surface area (Å²) in [6, 6.07) is 6.49. The molecular weight excluding hydrogens is 206 g/mol. The van der Waals surface area contributed by atoms with Crippen molar-refractivity contribution in [1.29, 1.82) is 5.41 Å². The smallest absolute Gasteiger partial charge is 0.335 e. The topological polar surface area (TPSA) is 78.2 Å². The van der Waals surface area contributed by atoms with Gasteiger partial charge in [0.05, 0.1) is 5.56 Å². The Morgan fingerprint density at radius 2 is 1.86 bits per heavy atom. The van der Waals surface area contributed by atoms with Gasteiger partial charge in [-0.05, 0) is 17.7 Å². The molecule has 0 aliphatic rings. The molecule has 0 atom stereocenters. The molecular formula is C9H8ClNO3. The van der Waals surface area contributed by atoms with Crippen molar-refractivity contribution in [3.8, 4) is 0 Å². The van der Waals surface area contributed by atoms with Crippen molar-refractivity contribution in [1.82, 2.24) is 0 Å². The molecule has 0 spiro atoms. The Labute approximate surface area is 85.6 Å². The van der Waals surface area contributed by atoms with Gasteiger partial charge in [-0.15, -0.1) is 11.6 Å². The predicted octanol–water partition coefficient (Wildman–Crippen LogP) is 2.02. The number of nitrogens with one attached hydrogen (secondary N) is 1. The highest BCUT2D eigenvalue weighted by Gasteiger charge is 1.99. The SMILES string of the molecule is N=C=O.O=C(O)c1ccc(CCl)cc1. The van der Waals surface area contributed by atoms with Gasteiger partial charge in [0.25, 0.3) is 0 Å². The zero-order chi connectivity index (χ0) is 11.0. The Kier molecular flexibility index (Phi) is 6.03. The van der Waals surface area contributed by atoms with Crippen LogP contribution in [-0.4, -0.2) is 17.2 Å². The van der Waals surface area contributed by atoms with Gasteiger partial charge in [0.2, 0.25) is 6.08 Å². The Bertz CT molecular complexity index is 328. The molecule has 0 fully saturated rings. The van der Waals surface area contributed by atoms with E-state index in [0.29, 0.717) is 11.4 Å².